The molecule has 1 aliphatic rings. The van der Waals surface area contributed by atoms with E-state index in [1.807, 2.05) is 0 Å². The Kier molecular flexibility index (Phi) is 3.29. The third-order valence-electron chi connectivity index (χ3n) is 2.37. The van der Waals surface area contributed by atoms with Gasteiger partial charge >= 0.3 is 0 Å². The van der Waals surface area contributed by atoms with E-state index in [1.165, 1.54) is 12.8 Å². The molecule has 0 nitrogen and oxygen atoms in total. The Morgan fingerprint density at radius 3 is 2.36 bits per heavy atom. The standard InChI is InChI=1S/C8H13BrF2/c9-6-8(4-5-8)3-1-2-7(10)11/h7H,1-6H2. The van der Waals surface area contributed by atoms with Crippen LogP contribution in [0.3, 0.4) is 0 Å². The van der Waals surface area contributed by atoms with Crippen LogP contribution < -0.4 is 0 Å². The zero-order valence-electron chi connectivity index (χ0n) is 6.45. The fourth-order valence-electron chi connectivity index (χ4n) is 1.26. The molecule has 0 spiro atoms. The van der Waals surface area contributed by atoms with Gasteiger partial charge in [-0.1, -0.05) is 15.9 Å². The van der Waals surface area contributed by atoms with Crippen LogP contribution in [0, 0.1) is 5.41 Å². The maximum Gasteiger partial charge on any atom is 0.238 e. The highest BCUT2D eigenvalue weighted by atomic mass is 79.9. The zero-order chi connectivity index (χ0) is 8.32. The molecule has 1 aliphatic carbocycles. The molecule has 1 rings (SSSR count). The second-order valence-corrected chi connectivity index (χ2v) is 3.98. The van der Waals surface area contributed by atoms with Crippen LogP contribution in [0.5, 0.6) is 0 Å². The molecule has 66 valence electrons. The van der Waals surface area contributed by atoms with Gasteiger partial charge in [0.15, 0.2) is 0 Å². The van der Waals surface area contributed by atoms with E-state index in [0.717, 1.165) is 11.8 Å². The van der Waals surface area contributed by atoms with Crippen LogP contribution in [0.1, 0.15) is 32.1 Å². The summed E-state index contributed by atoms with van der Waals surface area (Å²) in [6.45, 7) is 0. The van der Waals surface area contributed by atoms with Crippen molar-refractivity contribution in [2.24, 2.45) is 5.41 Å². The van der Waals surface area contributed by atoms with Crippen molar-refractivity contribution in [3.8, 4) is 0 Å². The molecular formula is C8H13BrF2. The minimum Gasteiger partial charge on any atom is -0.211 e. The van der Waals surface area contributed by atoms with Crippen LogP contribution in [-0.2, 0) is 0 Å². The molecule has 0 aromatic carbocycles. The SMILES string of the molecule is FC(F)CCCC1(CBr)CC1. The lowest BCUT2D eigenvalue weighted by Crippen LogP contribution is -2.02. The third kappa shape index (κ3) is 3.06. The normalized spacial score (nSPS) is 20.7. The summed E-state index contributed by atoms with van der Waals surface area (Å²) in [5.41, 5.74) is 0.412. The maximum absolute atomic E-state index is 11.7. The summed E-state index contributed by atoms with van der Waals surface area (Å²) >= 11 is 3.41. The molecule has 0 heterocycles. The average molecular weight is 227 g/mol. The van der Waals surface area contributed by atoms with E-state index in [9.17, 15) is 8.78 Å². The van der Waals surface area contributed by atoms with Crippen LogP contribution in [0.15, 0.2) is 0 Å². The minimum absolute atomic E-state index is 0.0781. The van der Waals surface area contributed by atoms with Crippen molar-refractivity contribution >= 4 is 15.9 Å². The van der Waals surface area contributed by atoms with Crippen LogP contribution in [0.25, 0.3) is 0 Å². The summed E-state index contributed by atoms with van der Waals surface area (Å²) in [7, 11) is 0. The Labute approximate surface area is 74.5 Å². The van der Waals surface area contributed by atoms with Crippen molar-refractivity contribution < 1.29 is 8.78 Å². The molecule has 0 aromatic heterocycles. The van der Waals surface area contributed by atoms with E-state index in [4.69, 9.17) is 0 Å². The van der Waals surface area contributed by atoms with Gasteiger partial charge in [0, 0.05) is 11.8 Å². The lowest BCUT2D eigenvalue weighted by Gasteiger charge is -2.09. The minimum atomic E-state index is -2.11. The molecule has 11 heavy (non-hydrogen) atoms. The summed E-state index contributed by atoms with van der Waals surface area (Å²) < 4.78 is 23.4. The molecule has 0 N–H and O–H groups in total. The van der Waals surface area contributed by atoms with E-state index in [0.29, 0.717) is 11.8 Å². The van der Waals surface area contributed by atoms with Crippen LogP contribution in [0.4, 0.5) is 8.78 Å². The second kappa shape index (κ2) is 3.83. The van der Waals surface area contributed by atoms with E-state index < -0.39 is 6.43 Å². The van der Waals surface area contributed by atoms with Gasteiger partial charge in [-0.05, 0) is 31.1 Å². The Morgan fingerprint density at radius 2 is 2.00 bits per heavy atom. The van der Waals surface area contributed by atoms with Gasteiger partial charge in [-0.3, -0.25) is 0 Å². The molecule has 0 bridgehead atoms. The first-order chi connectivity index (χ1) is 5.18. The summed E-state index contributed by atoms with van der Waals surface area (Å²) in [5, 5.41) is 0.989. The van der Waals surface area contributed by atoms with Gasteiger partial charge < -0.3 is 0 Å². The van der Waals surface area contributed by atoms with E-state index in [-0.39, 0.29) is 6.42 Å². The first-order valence-electron chi connectivity index (χ1n) is 4.03. The largest absolute Gasteiger partial charge is 0.238 e. The lowest BCUT2D eigenvalue weighted by molar-refractivity contribution is 0.132. The van der Waals surface area contributed by atoms with Gasteiger partial charge in [0.1, 0.15) is 0 Å². The molecule has 1 saturated carbocycles. The number of hydrogen-bond donors (Lipinski definition) is 0. The molecule has 3 heteroatoms. The van der Waals surface area contributed by atoms with Crippen molar-refractivity contribution in [2.45, 2.75) is 38.5 Å². The summed E-state index contributed by atoms with van der Waals surface area (Å²) in [4.78, 5) is 0. The number of alkyl halides is 3. The van der Waals surface area contributed by atoms with Gasteiger partial charge in [0.2, 0.25) is 6.43 Å². The first kappa shape index (κ1) is 9.43. The maximum atomic E-state index is 11.7. The predicted molar refractivity (Wildman–Crippen MR) is 45.3 cm³/mol. The van der Waals surface area contributed by atoms with Gasteiger partial charge in [0.25, 0.3) is 0 Å². The molecule has 0 unspecified atom stereocenters. The Balaban J connectivity index is 2.03. The highest BCUT2D eigenvalue weighted by Gasteiger charge is 2.40. The topological polar surface area (TPSA) is 0 Å². The van der Waals surface area contributed by atoms with Crippen molar-refractivity contribution in [3.05, 3.63) is 0 Å². The van der Waals surface area contributed by atoms with E-state index in [2.05, 4.69) is 15.9 Å². The van der Waals surface area contributed by atoms with Gasteiger partial charge in [-0.2, -0.15) is 0 Å². The predicted octanol–water partition coefficient (Wildman–Crippen LogP) is 3.60. The lowest BCUT2D eigenvalue weighted by atomic mass is 10.0. The quantitative estimate of drug-likeness (QED) is 0.629. The van der Waals surface area contributed by atoms with Gasteiger partial charge in [0.05, 0.1) is 0 Å². The first-order valence-corrected chi connectivity index (χ1v) is 5.15. The fraction of sp³-hybridized carbons (Fsp3) is 1.00. The van der Waals surface area contributed by atoms with E-state index >= 15 is 0 Å². The number of rotatable bonds is 5. The Bertz CT molecular complexity index is 121. The summed E-state index contributed by atoms with van der Waals surface area (Å²) in [6, 6.07) is 0. The summed E-state index contributed by atoms with van der Waals surface area (Å²) in [6.07, 6.45) is 2.07. The molecule has 0 aliphatic heterocycles. The molecule has 1 fully saturated rings. The Morgan fingerprint density at radius 1 is 1.36 bits per heavy atom. The second-order valence-electron chi connectivity index (χ2n) is 3.42. The van der Waals surface area contributed by atoms with Gasteiger partial charge in [-0.15, -0.1) is 0 Å². The fourth-order valence-corrected chi connectivity index (χ4v) is 2.10. The number of hydrogen-bond acceptors (Lipinski definition) is 0. The van der Waals surface area contributed by atoms with E-state index in [1.54, 1.807) is 0 Å². The molecule has 0 amide bonds. The van der Waals surface area contributed by atoms with Crippen LogP contribution in [0.2, 0.25) is 0 Å². The Hall–Kier alpha value is 0.340. The molecule has 0 aromatic rings. The zero-order valence-corrected chi connectivity index (χ0v) is 8.04. The third-order valence-corrected chi connectivity index (χ3v) is 3.56. The monoisotopic (exact) mass is 226 g/mol. The van der Waals surface area contributed by atoms with Crippen LogP contribution in [-0.4, -0.2) is 11.8 Å². The van der Waals surface area contributed by atoms with Crippen molar-refractivity contribution in [1.29, 1.82) is 0 Å². The molecule has 0 radical (unpaired) electrons. The summed E-state index contributed by atoms with van der Waals surface area (Å²) in [5.74, 6) is 0. The smallest absolute Gasteiger partial charge is 0.211 e. The molecular weight excluding hydrogens is 214 g/mol. The average Bonchev–Trinajstić information content (AvgIpc) is 2.69. The molecule has 0 atom stereocenters. The van der Waals surface area contributed by atoms with Crippen molar-refractivity contribution in [1.82, 2.24) is 0 Å². The highest BCUT2D eigenvalue weighted by Crippen LogP contribution is 2.51. The highest BCUT2D eigenvalue weighted by molar-refractivity contribution is 9.09. The van der Waals surface area contributed by atoms with Gasteiger partial charge in [-0.25, -0.2) is 8.78 Å². The van der Waals surface area contributed by atoms with Crippen LogP contribution >= 0.6 is 15.9 Å². The van der Waals surface area contributed by atoms with Crippen molar-refractivity contribution in [3.63, 3.8) is 0 Å². The van der Waals surface area contributed by atoms with Crippen molar-refractivity contribution in [2.75, 3.05) is 5.33 Å². The molecule has 0 saturated heterocycles. The number of halogens is 3.